The van der Waals surface area contributed by atoms with Gasteiger partial charge in [0.1, 0.15) is 30.5 Å². The predicted octanol–water partition coefficient (Wildman–Crippen LogP) is 5.81. The molecule has 3 aromatic carbocycles. The van der Waals surface area contributed by atoms with Crippen LogP contribution in [0.2, 0.25) is 0 Å². The fourth-order valence-corrected chi connectivity index (χ4v) is 5.56. The molecule has 0 bridgehead atoms. The number of carbonyl (C=O) groups excluding carboxylic acids is 3. The van der Waals surface area contributed by atoms with Gasteiger partial charge in [0.2, 0.25) is 0 Å². The number of aliphatic imine (C=N–C) groups is 1. The monoisotopic (exact) mass is 537 g/mol. The van der Waals surface area contributed by atoms with E-state index in [4.69, 9.17) is 19.2 Å². The van der Waals surface area contributed by atoms with Gasteiger partial charge in [-0.15, -0.1) is 0 Å². The summed E-state index contributed by atoms with van der Waals surface area (Å²) in [5.41, 5.74) is 3.54. The van der Waals surface area contributed by atoms with Crippen molar-refractivity contribution in [3.63, 3.8) is 0 Å². The van der Waals surface area contributed by atoms with Gasteiger partial charge in [0.15, 0.2) is 0 Å². The van der Waals surface area contributed by atoms with E-state index < -0.39 is 23.8 Å². The third-order valence-electron chi connectivity index (χ3n) is 7.27. The molecule has 3 unspecified atom stereocenters. The van der Waals surface area contributed by atoms with Gasteiger partial charge in [-0.25, -0.2) is 4.79 Å². The van der Waals surface area contributed by atoms with Gasteiger partial charge in [-0.1, -0.05) is 60.7 Å². The van der Waals surface area contributed by atoms with Gasteiger partial charge in [0.05, 0.1) is 11.5 Å². The summed E-state index contributed by atoms with van der Waals surface area (Å²) in [4.78, 5) is 43.5. The first-order chi connectivity index (χ1) is 19.4. The number of ketones is 1. The molecule has 0 radical (unpaired) electrons. The van der Waals surface area contributed by atoms with Crippen molar-refractivity contribution in [2.24, 2.45) is 10.9 Å². The Bertz CT molecular complexity index is 1440. The van der Waals surface area contributed by atoms with Crippen LogP contribution >= 0.6 is 0 Å². The molecule has 3 atom stereocenters. The molecule has 204 valence electrons. The standard InChI is InChI=1S/C33H31NO6/c1-21-30(33(37)39-18-17-38-26-11-7-4-8-12-26)31(24-13-15-27(16-14-24)40-22(2)35)32-28(34-21)19-25(20-29(32)36)23-9-5-3-6-10-23/h3-16,25,31-32H,17-20H2,1-2H3. The second-order valence-corrected chi connectivity index (χ2v) is 10.00. The third-order valence-corrected chi connectivity index (χ3v) is 7.27. The fraction of sp³-hybridized carbons (Fsp3) is 0.273. The van der Waals surface area contributed by atoms with Gasteiger partial charge in [0, 0.05) is 30.7 Å². The number of benzene rings is 3. The molecule has 2 aliphatic rings. The van der Waals surface area contributed by atoms with Gasteiger partial charge < -0.3 is 14.2 Å². The van der Waals surface area contributed by atoms with Crippen molar-refractivity contribution >= 4 is 23.4 Å². The van der Waals surface area contributed by atoms with Crippen LogP contribution in [0.3, 0.4) is 0 Å². The molecule has 0 aromatic heterocycles. The first kappa shape index (κ1) is 27.1. The summed E-state index contributed by atoms with van der Waals surface area (Å²) in [5, 5.41) is 0. The van der Waals surface area contributed by atoms with Crippen molar-refractivity contribution < 1.29 is 28.6 Å². The van der Waals surface area contributed by atoms with Gasteiger partial charge >= 0.3 is 11.9 Å². The quantitative estimate of drug-likeness (QED) is 0.205. The molecule has 7 heteroatoms. The molecule has 3 aromatic rings. The Morgan fingerprint density at radius 1 is 0.800 bits per heavy atom. The van der Waals surface area contributed by atoms with Gasteiger partial charge in [-0.05, 0) is 54.7 Å². The molecule has 1 heterocycles. The maximum absolute atomic E-state index is 13.8. The number of rotatable bonds is 8. The second kappa shape index (κ2) is 12.1. The summed E-state index contributed by atoms with van der Waals surface area (Å²) in [7, 11) is 0. The Morgan fingerprint density at radius 2 is 1.48 bits per heavy atom. The highest BCUT2D eigenvalue weighted by molar-refractivity contribution is 6.12. The number of esters is 2. The van der Waals surface area contributed by atoms with E-state index >= 15 is 0 Å². The smallest absolute Gasteiger partial charge is 0.336 e. The zero-order valence-corrected chi connectivity index (χ0v) is 22.5. The molecule has 0 saturated heterocycles. The second-order valence-electron chi connectivity index (χ2n) is 10.00. The van der Waals surface area contributed by atoms with Crippen molar-refractivity contribution in [1.29, 1.82) is 0 Å². The lowest BCUT2D eigenvalue weighted by molar-refractivity contribution is -0.140. The molecule has 5 rings (SSSR count). The van der Waals surface area contributed by atoms with Crippen LogP contribution in [0.4, 0.5) is 0 Å². The summed E-state index contributed by atoms with van der Waals surface area (Å²) < 4.78 is 16.5. The van der Waals surface area contributed by atoms with Gasteiger partial charge in [-0.2, -0.15) is 0 Å². The van der Waals surface area contributed by atoms with Crippen molar-refractivity contribution in [2.45, 2.75) is 38.5 Å². The Hall–Kier alpha value is -4.52. The van der Waals surface area contributed by atoms with E-state index in [1.165, 1.54) is 6.92 Å². The van der Waals surface area contributed by atoms with E-state index in [9.17, 15) is 14.4 Å². The van der Waals surface area contributed by atoms with E-state index in [0.717, 1.165) is 16.8 Å². The number of fused-ring (bicyclic) bond motifs is 1. The summed E-state index contributed by atoms with van der Waals surface area (Å²) in [6.45, 7) is 3.37. The van der Waals surface area contributed by atoms with Crippen LogP contribution in [-0.4, -0.2) is 36.6 Å². The molecule has 40 heavy (non-hydrogen) atoms. The highest BCUT2D eigenvalue weighted by atomic mass is 16.6. The number of hydrogen-bond donors (Lipinski definition) is 0. The third kappa shape index (κ3) is 6.04. The van der Waals surface area contributed by atoms with E-state index in [0.29, 0.717) is 35.6 Å². The van der Waals surface area contributed by atoms with Crippen molar-refractivity contribution in [3.05, 3.63) is 107 Å². The first-order valence-electron chi connectivity index (χ1n) is 13.4. The fourth-order valence-electron chi connectivity index (χ4n) is 5.56. The summed E-state index contributed by atoms with van der Waals surface area (Å²) in [5.74, 6) is -0.937. The molecule has 1 fully saturated rings. The van der Waals surface area contributed by atoms with Crippen LogP contribution < -0.4 is 9.47 Å². The highest BCUT2D eigenvalue weighted by Gasteiger charge is 2.46. The van der Waals surface area contributed by atoms with Crippen LogP contribution in [0.15, 0.2) is 101 Å². The Kier molecular flexibility index (Phi) is 8.20. The summed E-state index contributed by atoms with van der Waals surface area (Å²) in [6, 6.07) is 26.2. The zero-order chi connectivity index (χ0) is 28.1. The average Bonchev–Trinajstić information content (AvgIpc) is 2.95. The van der Waals surface area contributed by atoms with Crippen LogP contribution in [0.5, 0.6) is 11.5 Å². The lowest BCUT2D eigenvalue weighted by atomic mass is 9.66. The number of carbonyl (C=O) groups is 3. The van der Waals surface area contributed by atoms with Crippen LogP contribution in [0, 0.1) is 5.92 Å². The number of Topliss-reactive ketones (excluding diaryl/α,β-unsaturated/α-hetero) is 1. The number of nitrogens with zero attached hydrogens (tertiary/aromatic N) is 1. The number of para-hydroxylation sites is 1. The lowest BCUT2D eigenvalue weighted by Crippen LogP contribution is -2.41. The Morgan fingerprint density at radius 3 is 2.15 bits per heavy atom. The lowest BCUT2D eigenvalue weighted by Gasteiger charge is -2.38. The molecular weight excluding hydrogens is 506 g/mol. The highest BCUT2D eigenvalue weighted by Crippen LogP contribution is 2.46. The maximum Gasteiger partial charge on any atom is 0.336 e. The Balaban J connectivity index is 1.43. The molecule has 1 aliphatic heterocycles. The van der Waals surface area contributed by atoms with Crippen LogP contribution in [-0.2, 0) is 19.1 Å². The first-order valence-corrected chi connectivity index (χ1v) is 13.4. The average molecular weight is 538 g/mol. The molecule has 0 N–H and O–H groups in total. The number of allylic oxidation sites excluding steroid dienone is 1. The van der Waals surface area contributed by atoms with E-state index in [1.54, 1.807) is 31.2 Å². The van der Waals surface area contributed by atoms with Crippen LogP contribution in [0.25, 0.3) is 0 Å². The minimum Gasteiger partial charge on any atom is -0.490 e. The maximum atomic E-state index is 13.8. The largest absolute Gasteiger partial charge is 0.490 e. The minimum absolute atomic E-state index is 0.0344. The SMILES string of the molecule is CC(=O)Oc1ccc(C2C(C(=O)OCCOc3ccccc3)=C(C)N=C3CC(c4ccccc4)CC(=O)C32)cc1. The van der Waals surface area contributed by atoms with Gasteiger partial charge in [0.25, 0.3) is 0 Å². The van der Waals surface area contributed by atoms with Crippen molar-refractivity contribution in [3.8, 4) is 11.5 Å². The predicted molar refractivity (Wildman–Crippen MR) is 150 cm³/mol. The zero-order valence-electron chi connectivity index (χ0n) is 22.5. The van der Waals surface area contributed by atoms with E-state index in [-0.39, 0.29) is 24.9 Å². The molecule has 0 spiro atoms. The topological polar surface area (TPSA) is 91.3 Å². The Labute approximate surface area is 233 Å². The van der Waals surface area contributed by atoms with E-state index in [1.807, 2.05) is 60.7 Å². The molecule has 0 amide bonds. The number of hydrogen-bond acceptors (Lipinski definition) is 7. The molecular formula is C33H31NO6. The molecule has 1 saturated carbocycles. The van der Waals surface area contributed by atoms with Gasteiger partial charge in [-0.3, -0.25) is 14.6 Å². The minimum atomic E-state index is -0.577. The molecule has 1 aliphatic carbocycles. The number of ether oxygens (including phenoxy) is 3. The van der Waals surface area contributed by atoms with Crippen molar-refractivity contribution in [1.82, 2.24) is 0 Å². The summed E-state index contributed by atoms with van der Waals surface area (Å²) >= 11 is 0. The van der Waals surface area contributed by atoms with Crippen molar-refractivity contribution in [2.75, 3.05) is 13.2 Å². The van der Waals surface area contributed by atoms with E-state index in [2.05, 4.69) is 0 Å². The van der Waals surface area contributed by atoms with Crippen LogP contribution in [0.1, 0.15) is 49.7 Å². The summed E-state index contributed by atoms with van der Waals surface area (Å²) in [6.07, 6.45) is 0.995. The molecule has 7 nitrogen and oxygen atoms in total. The normalized spacial score (nSPS) is 20.3.